The first kappa shape index (κ1) is 18.4. The highest BCUT2D eigenvalue weighted by Crippen LogP contribution is 2.35. The van der Waals surface area contributed by atoms with Gasteiger partial charge in [-0.25, -0.2) is 4.98 Å². The molecule has 1 fully saturated rings. The average molecular weight is 375 g/mol. The number of rotatable bonds is 8. The van der Waals surface area contributed by atoms with Crippen LogP contribution >= 0.6 is 11.8 Å². The van der Waals surface area contributed by atoms with Gasteiger partial charge in [-0.05, 0) is 31.4 Å². The lowest BCUT2D eigenvalue weighted by Gasteiger charge is -2.41. The molecule has 2 aromatic rings. The molecule has 0 radical (unpaired) electrons. The molecule has 1 saturated carbocycles. The van der Waals surface area contributed by atoms with Crippen LogP contribution in [0.3, 0.4) is 0 Å². The van der Waals surface area contributed by atoms with Crippen molar-refractivity contribution >= 4 is 34.5 Å². The summed E-state index contributed by atoms with van der Waals surface area (Å²) in [6.07, 6.45) is 2.68. The van der Waals surface area contributed by atoms with Crippen LogP contribution in [0.2, 0.25) is 0 Å². The van der Waals surface area contributed by atoms with Crippen LogP contribution in [0.1, 0.15) is 37.9 Å². The van der Waals surface area contributed by atoms with Gasteiger partial charge >= 0.3 is 5.97 Å². The zero-order valence-corrected chi connectivity index (χ0v) is 15.1. The molecule has 1 aliphatic rings. The van der Waals surface area contributed by atoms with E-state index in [0.29, 0.717) is 34.7 Å². The molecule has 1 amide bonds. The summed E-state index contributed by atoms with van der Waals surface area (Å²) in [6.45, 7) is 0. The van der Waals surface area contributed by atoms with E-state index in [9.17, 15) is 14.4 Å². The van der Waals surface area contributed by atoms with E-state index in [0.717, 1.165) is 19.3 Å². The molecule has 1 aromatic carbocycles. The van der Waals surface area contributed by atoms with E-state index in [2.05, 4.69) is 15.3 Å². The number of benzene rings is 1. The maximum atomic E-state index is 12.1. The van der Waals surface area contributed by atoms with Crippen LogP contribution in [0.25, 0.3) is 10.9 Å². The number of para-hydroxylation sites is 1. The lowest BCUT2D eigenvalue weighted by atomic mass is 9.74. The summed E-state index contributed by atoms with van der Waals surface area (Å²) in [4.78, 5) is 42.2. The highest BCUT2D eigenvalue weighted by molar-refractivity contribution is 7.98. The number of fused-ring (bicyclic) bond motifs is 1. The second-order valence-corrected chi connectivity index (χ2v) is 7.69. The molecule has 3 N–H and O–H groups in total. The highest BCUT2D eigenvalue weighted by atomic mass is 32.2. The Morgan fingerprint density at radius 2 is 2.08 bits per heavy atom. The largest absolute Gasteiger partial charge is 0.481 e. The van der Waals surface area contributed by atoms with Gasteiger partial charge in [0.2, 0.25) is 5.91 Å². The lowest BCUT2D eigenvalue weighted by molar-refractivity contribution is -0.140. The molecule has 1 aromatic heterocycles. The minimum absolute atomic E-state index is 0.0197. The van der Waals surface area contributed by atoms with Crippen molar-refractivity contribution in [3.8, 4) is 0 Å². The SMILES string of the molecule is O=C(O)CC1(NC(=O)CCSCc2nc3ccccc3c(=O)[nH]2)CCC1. The first-order chi connectivity index (χ1) is 12.5. The van der Waals surface area contributed by atoms with Crippen LogP contribution in [-0.2, 0) is 15.3 Å². The number of aliphatic carboxylic acids is 1. The normalized spacial score (nSPS) is 15.4. The molecule has 7 nitrogen and oxygen atoms in total. The first-order valence-corrected chi connectivity index (χ1v) is 9.71. The summed E-state index contributed by atoms with van der Waals surface area (Å²) >= 11 is 1.51. The Labute approximate surface area is 154 Å². The number of hydrogen-bond acceptors (Lipinski definition) is 5. The fourth-order valence-electron chi connectivity index (χ4n) is 3.13. The summed E-state index contributed by atoms with van der Waals surface area (Å²) in [5, 5.41) is 12.4. The topological polar surface area (TPSA) is 112 Å². The third-order valence-electron chi connectivity index (χ3n) is 4.58. The molecule has 1 heterocycles. The van der Waals surface area contributed by atoms with Crippen LogP contribution < -0.4 is 10.9 Å². The van der Waals surface area contributed by atoms with Crippen molar-refractivity contribution in [3.63, 3.8) is 0 Å². The fraction of sp³-hybridized carbons (Fsp3) is 0.444. The van der Waals surface area contributed by atoms with Crippen molar-refractivity contribution in [2.45, 2.75) is 43.4 Å². The highest BCUT2D eigenvalue weighted by Gasteiger charge is 2.40. The number of carboxylic acid groups (broad SMARTS) is 1. The summed E-state index contributed by atoms with van der Waals surface area (Å²) in [7, 11) is 0. The molecule has 1 aliphatic carbocycles. The monoisotopic (exact) mass is 375 g/mol. The molecular weight excluding hydrogens is 354 g/mol. The summed E-state index contributed by atoms with van der Waals surface area (Å²) < 4.78 is 0. The van der Waals surface area contributed by atoms with Crippen LogP contribution in [-0.4, -0.2) is 38.2 Å². The molecule has 8 heteroatoms. The smallest absolute Gasteiger partial charge is 0.305 e. The average Bonchev–Trinajstić information content (AvgIpc) is 2.56. The second-order valence-electron chi connectivity index (χ2n) is 6.58. The maximum Gasteiger partial charge on any atom is 0.305 e. The van der Waals surface area contributed by atoms with Gasteiger partial charge in [0.25, 0.3) is 5.56 Å². The number of carboxylic acids is 1. The van der Waals surface area contributed by atoms with Crippen LogP contribution in [0.5, 0.6) is 0 Å². The molecule has 0 aliphatic heterocycles. The predicted octanol–water partition coefficient (Wildman–Crippen LogP) is 2.06. The quantitative estimate of drug-likeness (QED) is 0.609. The number of nitrogens with zero attached hydrogens (tertiary/aromatic N) is 1. The van der Waals surface area contributed by atoms with Gasteiger partial charge in [0.05, 0.1) is 28.6 Å². The van der Waals surface area contributed by atoms with Gasteiger partial charge in [0.15, 0.2) is 0 Å². The van der Waals surface area contributed by atoms with Crippen LogP contribution in [0.4, 0.5) is 0 Å². The Morgan fingerprint density at radius 1 is 1.31 bits per heavy atom. The van der Waals surface area contributed by atoms with E-state index in [-0.39, 0.29) is 17.9 Å². The molecule has 138 valence electrons. The number of H-pyrrole nitrogens is 1. The van der Waals surface area contributed by atoms with Gasteiger partial charge in [-0.1, -0.05) is 12.1 Å². The number of carbonyl (C=O) groups is 2. The Bertz CT molecular complexity index is 876. The van der Waals surface area contributed by atoms with Crippen molar-refractivity contribution in [2.75, 3.05) is 5.75 Å². The van der Waals surface area contributed by atoms with E-state index < -0.39 is 11.5 Å². The van der Waals surface area contributed by atoms with Gasteiger partial charge < -0.3 is 15.4 Å². The summed E-state index contributed by atoms with van der Waals surface area (Å²) in [5.74, 6) is 0.656. The minimum atomic E-state index is -0.884. The predicted molar refractivity (Wildman–Crippen MR) is 100 cm³/mol. The van der Waals surface area contributed by atoms with Crippen molar-refractivity contribution in [1.29, 1.82) is 0 Å². The molecule has 0 atom stereocenters. The zero-order valence-electron chi connectivity index (χ0n) is 14.3. The number of hydrogen-bond donors (Lipinski definition) is 3. The Kier molecular flexibility index (Phi) is 5.61. The number of nitrogens with one attached hydrogen (secondary N) is 2. The van der Waals surface area contributed by atoms with Gasteiger partial charge in [-0.3, -0.25) is 14.4 Å². The van der Waals surface area contributed by atoms with E-state index in [1.54, 1.807) is 18.2 Å². The van der Waals surface area contributed by atoms with Crippen LogP contribution in [0.15, 0.2) is 29.1 Å². The van der Waals surface area contributed by atoms with E-state index in [1.165, 1.54) is 11.8 Å². The Hall–Kier alpha value is -2.35. The van der Waals surface area contributed by atoms with Gasteiger partial charge in [-0.15, -0.1) is 0 Å². The minimum Gasteiger partial charge on any atom is -0.481 e. The molecule has 0 unspecified atom stereocenters. The van der Waals surface area contributed by atoms with Crippen molar-refractivity contribution in [3.05, 3.63) is 40.4 Å². The zero-order chi connectivity index (χ0) is 18.6. The van der Waals surface area contributed by atoms with Crippen LogP contribution in [0, 0.1) is 0 Å². The maximum absolute atomic E-state index is 12.1. The molecule has 0 spiro atoms. The number of aromatic nitrogens is 2. The van der Waals surface area contributed by atoms with Gasteiger partial charge in [0, 0.05) is 12.2 Å². The lowest BCUT2D eigenvalue weighted by Crippen LogP contribution is -2.54. The molecule has 0 saturated heterocycles. The third-order valence-corrected chi connectivity index (χ3v) is 5.55. The first-order valence-electron chi connectivity index (χ1n) is 8.56. The van der Waals surface area contributed by atoms with Crippen molar-refractivity contribution in [1.82, 2.24) is 15.3 Å². The summed E-state index contributed by atoms with van der Waals surface area (Å²) in [5.41, 5.74) is -0.0617. The number of amides is 1. The van der Waals surface area contributed by atoms with E-state index in [1.807, 2.05) is 6.07 Å². The van der Waals surface area contributed by atoms with E-state index >= 15 is 0 Å². The Morgan fingerprint density at radius 3 is 2.77 bits per heavy atom. The summed E-state index contributed by atoms with van der Waals surface area (Å²) in [6, 6.07) is 7.16. The Balaban J connectivity index is 1.47. The number of thioether (sulfide) groups is 1. The van der Waals surface area contributed by atoms with Crippen molar-refractivity contribution < 1.29 is 14.7 Å². The number of carbonyl (C=O) groups excluding carboxylic acids is 1. The molecule has 3 rings (SSSR count). The second kappa shape index (κ2) is 7.90. The standard InChI is InChI=1S/C18H21N3O4S/c22-15(21-18(7-3-8-18)10-16(23)24)6-9-26-11-14-19-13-5-2-1-4-12(13)17(25)20-14/h1-2,4-5H,3,6-11H2,(H,21,22)(H,23,24)(H,19,20,25). The molecule has 0 bridgehead atoms. The third kappa shape index (κ3) is 4.43. The van der Waals surface area contributed by atoms with E-state index in [4.69, 9.17) is 5.11 Å². The number of aromatic amines is 1. The fourth-order valence-corrected chi connectivity index (χ4v) is 3.94. The van der Waals surface area contributed by atoms with Gasteiger partial charge in [-0.2, -0.15) is 11.8 Å². The van der Waals surface area contributed by atoms with Crippen molar-refractivity contribution in [2.24, 2.45) is 0 Å². The van der Waals surface area contributed by atoms with Gasteiger partial charge in [0.1, 0.15) is 5.82 Å². The molecule has 26 heavy (non-hydrogen) atoms. The molecular formula is C18H21N3O4S.